The number of para-hydroxylation sites is 1. The van der Waals surface area contributed by atoms with Crippen LogP contribution in [0.4, 0.5) is 0 Å². The van der Waals surface area contributed by atoms with Crippen LogP contribution in [0.1, 0.15) is 23.7 Å². The maximum absolute atomic E-state index is 11.8. The Hall–Kier alpha value is -2.63. The molecule has 0 saturated carbocycles. The van der Waals surface area contributed by atoms with E-state index in [4.69, 9.17) is 5.11 Å². The number of carboxylic acid groups (broad SMARTS) is 1. The van der Waals surface area contributed by atoms with Crippen molar-refractivity contribution in [1.82, 2.24) is 9.88 Å². The minimum atomic E-state index is -0.958. The van der Waals surface area contributed by atoms with Gasteiger partial charge in [-0.15, -0.1) is 0 Å². The van der Waals surface area contributed by atoms with E-state index in [0.29, 0.717) is 5.56 Å². The highest BCUT2D eigenvalue weighted by molar-refractivity contribution is 6.07. The van der Waals surface area contributed by atoms with Crippen LogP contribution in [0.3, 0.4) is 0 Å². The van der Waals surface area contributed by atoms with Crippen LogP contribution in [0.5, 0.6) is 0 Å². The van der Waals surface area contributed by atoms with Gasteiger partial charge in [0.15, 0.2) is 5.78 Å². The summed E-state index contributed by atoms with van der Waals surface area (Å²) in [6.45, 7) is 1.62. The molecule has 2 aromatic rings. The number of amides is 1. The molecule has 110 valence electrons. The van der Waals surface area contributed by atoms with Gasteiger partial charge in [-0.1, -0.05) is 18.2 Å². The van der Waals surface area contributed by atoms with E-state index in [-0.39, 0.29) is 31.2 Å². The lowest BCUT2D eigenvalue weighted by Crippen LogP contribution is -2.29. The molecule has 0 unspecified atom stereocenters. The second kappa shape index (κ2) is 6.21. The molecule has 21 heavy (non-hydrogen) atoms. The topological polar surface area (TPSA) is 88.4 Å². The third-order valence-corrected chi connectivity index (χ3v) is 3.14. The monoisotopic (exact) mass is 288 g/mol. The van der Waals surface area contributed by atoms with Crippen LogP contribution in [0.25, 0.3) is 10.9 Å². The molecule has 2 rings (SSSR count). The van der Waals surface area contributed by atoms with Crippen LogP contribution >= 0.6 is 0 Å². The normalized spacial score (nSPS) is 10.5. The number of benzene rings is 1. The Balaban J connectivity index is 2.17. The summed E-state index contributed by atoms with van der Waals surface area (Å²) in [6, 6.07) is 7.36. The minimum Gasteiger partial charge on any atom is -0.481 e. The number of rotatable bonds is 6. The number of fused-ring (bicyclic) bond motifs is 1. The van der Waals surface area contributed by atoms with Gasteiger partial charge in [0.05, 0.1) is 6.42 Å². The molecule has 2 N–H and O–H groups in total. The van der Waals surface area contributed by atoms with Gasteiger partial charge in [-0.2, -0.15) is 0 Å². The van der Waals surface area contributed by atoms with Crippen LogP contribution in [0.15, 0.2) is 30.5 Å². The molecular formula is C15H16N2O4. The first-order chi connectivity index (χ1) is 9.99. The number of Topliss-reactive ketones (excluding diaryl/α,β-unsaturated/α-hetero) is 1. The van der Waals surface area contributed by atoms with E-state index >= 15 is 0 Å². The number of carbonyl (C=O) groups excluding carboxylic acids is 2. The fourth-order valence-corrected chi connectivity index (χ4v) is 2.18. The first kappa shape index (κ1) is 14.8. The molecule has 1 heterocycles. The van der Waals surface area contributed by atoms with Gasteiger partial charge in [-0.05, 0) is 13.0 Å². The van der Waals surface area contributed by atoms with E-state index in [0.717, 1.165) is 10.9 Å². The fourth-order valence-electron chi connectivity index (χ4n) is 2.18. The van der Waals surface area contributed by atoms with Gasteiger partial charge < -0.3 is 15.0 Å². The summed E-state index contributed by atoms with van der Waals surface area (Å²) >= 11 is 0. The van der Waals surface area contributed by atoms with Crippen molar-refractivity contribution in [2.75, 3.05) is 6.54 Å². The molecular weight excluding hydrogens is 272 g/mol. The Morgan fingerprint density at radius 1 is 1.24 bits per heavy atom. The van der Waals surface area contributed by atoms with Crippen LogP contribution in [-0.2, 0) is 16.1 Å². The summed E-state index contributed by atoms with van der Waals surface area (Å²) in [7, 11) is 0. The summed E-state index contributed by atoms with van der Waals surface area (Å²) in [4.78, 5) is 33.8. The average molecular weight is 288 g/mol. The predicted octanol–water partition coefficient (Wildman–Crippen LogP) is 1.43. The van der Waals surface area contributed by atoms with Crippen LogP contribution in [-0.4, -0.2) is 33.9 Å². The first-order valence-electron chi connectivity index (χ1n) is 6.56. The van der Waals surface area contributed by atoms with Crippen LogP contribution in [0, 0.1) is 0 Å². The summed E-state index contributed by atoms with van der Waals surface area (Å²) in [6.07, 6.45) is 1.54. The Morgan fingerprint density at radius 2 is 1.95 bits per heavy atom. The molecule has 0 bridgehead atoms. The van der Waals surface area contributed by atoms with Crippen molar-refractivity contribution in [1.29, 1.82) is 0 Å². The van der Waals surface area contributed by atoms with Crippen molar-refractivity contribution in [3.05, 3.63) is 36.0 Å². The molecule has 0 saturated heterocycles. The zero-order valence-electron chi connectivity index (χ0n) is 11.6. The molecule has 1 amide bonds. The third kappa shape index (κ3) is 3.47. The van der Waals surface area contributed by atoms with Crippen molar-refractivity contribution in [3.8, 4) is 0 Å². The van der Waals surface area contributed by atoms with Gasteiger partial charge in [0, 0.05) is 29.2 Å². The van der Waals surface area contributed by atoms with E-state index < -0.39 is 5.97 Å². The lowest BCUT2D eigenvalue weighted by molar-refractivity contribution is -0.136. The maximum Gasteiger partial charge on any atom is 0.305 e. The van der Waals surface area contributed by atoms with E-state index in [2.05, 4.69) is 5.32 Å². The number of aliphatic carboxylic acids is 1. The third-order valence-electron chi connectivity index (χ3n) is 3.14. The molecule has 1 aromatic heterocycles. The molecule has 1 aromatic carbocycles. The number of nitrogens with one attached hydrogen (secondary N) is 1. The highest BCUT2D eigenvalue weighted by atomic mass is 16.4. The van der Waals surface area contributed by atoms with Crippen LogP contribution in [0.2, 0.25) is 0 Å². The van der Waals surface area contributed by atoms with Crippen molar-refractivity contribution in [3.63, 3.8) is 0 Å². The molecule has 0 aliphatic rings. The zero-order valence-corrected chi connectivity index (χ0v) is 11.6. The van der Waals surface area contributed by atoms with E-state index in [9.17, 15) is 14.4 Å². The largest absolute Gasteiger partial charge is 0.481 e. The molecule has 0 aliphatic heterocycles. The van der Waals surface area contributed by atoms with Crippen LogP contribution < -0.4 is 5.32 Å². The SMILES string of the molecule is CC(=O)c1cn(CC(=O)NCCC(=O)O)c2ccccc12. The smallest absolute Gasteiger partial charge is 0.305 e. The lowest BCUT2D eigenvalue weighted by atomic mass is 10.1. The van der Waals surface area contributed by atoms with Crippen molar-refractivity contribution < 1.29 is 19.5 Å². The van der Waals surface area contributed by atoms with Crippen molar-refractivity contribution >= 4 is 28.6 Å². The number of ketones is 1. The Bertz CT molecular complexity index is 703. The Morgan fingerprint density at radius 3 is 2.62 bits per heavy atom. The Kier molecular flexibility index (Phi) is 4.37. The lowest BCUT2D eigenvalue weighted by Gasteiger charge is -2.06. The van der Waals surface area contributed by atoms with E-state index in [1.165, 1.54) is 6.92 Å². The highest BCUT2D eigenvalue weighted by Gasteiger charge is 2.13. The number of aromatic nitrogens is 1. The second-order valence-electron chi connectivity index (χ2n) is 4.74. The number of carbonyl (C=O) groups is 3. The molecule has 0 atom stereocenters. The predicted molar refractivity (Wildman–Crippen MR) is 77.2 cm³/mol. The summed E-state index contributed by atoms with van der Waals surface area (Å²) < 4.78 is 1.70. The molecule has 0 spiro atoms. The molecule has 6 nitrogen and oxygen atoms in total. The number of hydrogen-bond donors (Lipinski definition) is 2. The molecule has 0 radical (unpaired) electrons. The van der Waals surface area contributed by atoms with E-state index in [1.54, 1.807) is 10.8 Å². The summed E-state index contributed by atoms with van der Waals surface area (Å²) in [5.41, 5.74) is 1.38. The molecule has 0 fully saturated rings. The average Bonchev–Trinajstić information content (AvgIpc) is 2.78. The van der Waals surface area contributed by atoms with Crippen molar-refractivity contribution in [2.24, 2.45) is 0 Å². The minimum absolute atomic E-state index is 0.0490. The highest BCUT2D eigenvalue weighted by Crippen LogP contribution is 2.21. The summed E-state index contributed by atoms with van der Waals surface area (Å²) in [5.74, 6) is -1.30. The van der Waals surface area contributed by atoms with Gasteiger partial charge in [0.2, 0.25) is 5.91 Å². The van der Waals surface area contributed by atoms with Gasteiger partial charge in [-0.25, -0.2) is 0 Å². The van der Waals surface area contributed by atoms with Crippen molar-refractivity contribution in [2.45, 2.75) is 19.9 Å². The fraction of sp³-hybridized carbons (Fsp3) is 0.267. The number of nitrogens with zero attached hydrogens (tertiary/aromatic N) is 1. The summed E-state index contributed by atoms with van der Waals surface area (Å²) in [5, 5.41) is 11.9. The standard InChI is InChI=1S/C15H16N2O4/c1-10(18)12-8-17(13-5-3-2-4-11(12)13)9-14(19)16-7-6-15(20)21/h2-5,8H,6-7,9H2,1H3,(H,16,19)(H,20,21). The quantitative estimate of drug-likeness (QED) is 0.787. The van der Waals surface area contributed by atoms with Gasteiger partial charge in [0.1, 0.15) is 6.54 Å². The second-order valence-corrected chi connectivity index (χ2v) is 4.74. The Labute approximate surface area is 121 Å². The first-order valence-corrected chi connectivity index (χ1v) is 6.56. The van der Waals surface area contributed by atoms with E-state index in [1.807, 2.05) is 24.3 Å². The van der Waals surface area contributed by atoms with Gasteiger partial charge in [0.25, 0.3) is 0 Å². The maximum atomic E-state index is 11.8. The van der Waals surface area contributed by atoms with Gasteiger partial charge in [-0.3, -0.25) is 14.4 Å². The molecule has 6 heteroatoms. The molecule has 0 aliphatic carbocycles. The van der Waals surface area contributed by atoms with Gasteiger partial charge >= 0.3 is 5.97 Å². The zero-order chi connectivity index (χ0) is 15.4. The number of hydrogen-bond acceptors (Lipinski definition) is 3. The number of carboxylic acids is 1.